The molecule has 0 saturated heterocycles. The lowest BCUT2D eigenvalue weighted by molar-refractivity contribution is 0.0934. The van der Waals surface area contributed by atoms with E-state index in [1.54, 1.807) is 6.20 Å². The van der Waals surface area contributed by atoms with Gasteiger partial charge in [0.2, 0.25) is 0 Å². The van der Waals surface area contributed by atoms with Crippen LogP contribution in [0.1, 0.15) is 23.3 Å². The summed E-state index contributed by atoms with van der Waals surface area (Å²) < 4.78 is 0. The van der Waals surface area contributed by atoms with E-state index in [9.17, 15) is 4.79 Å². The number of para-hydroxylation sites is 2. The number of nitrogens with zero attached hydrogens (tertiary/aromatic N) is 3. The van der Waals surface area contributed by atoms with Crippen LogP contribution in [0.4, 0.5) is 0 Å². The predicted octanol–water partition coefficient (Wildman–Crippen LogP) is 1.70. The highest BCUT2D eigenvalue weighted by molar-refractivity contribution is 5.93. The molecule has 1 heterocycles. The average Bonchev–Trinajstić information content (AvgIpc) is 3.31. The molecule has 3 rings (SSSR count). The predicted molar refractivity (Wildman–Crippen MR) is 82.1 cm³/mol. The van der Waals surface area contributed by atoms with Gasteiger partial charge >= 0.3 is 0 Å². The van der Waals surface area contributed by atoms with E-state index in [1.165, 1.54) is 12.8 Å². The Labute approximate surface area is 124 Å². The Morgan fingerprint density at radius 1 is 1.33 bits per heavy atom. The first-order valence-corrected chi connectivity index (χ1v) is 7.31. The highest BCUT2D eigenvalue weighted by Crippen LogP contribution is 2.34. The van der Waals surface area contributed by atoms with E-state index >= 15 is 0 Å². The van der Waals surface area contributed by atoms with E-state index in [-0.39, 0.29) is 5.91 Å². The van der Waals surface area contributed by atoms with Crippen LogP contribution in [0, 0.1) is 5.92 Å². The molecular weight excluding hydrogens is 264 g/mol. The van der Waals surface area contributed by atoms with Crippen molar-refractivity contribution in [1.82, 2.24) is 20.2 Å². The van der Waals surface area contributed by atoms with Gasteiger partial charge in [-0.3, -0.25) is 9.78 Å². The molecule has 1 saturated carbocycles. The van der Waals surface area contributed by atoms with Gasteiger partial charge in [-0.2, -0.15) is 0 Å². The summed E-state index contributed by atoms with van der Waals surface area (Å²) in [6.45, 7) is 0.658. The lowest BCUT2D eigenvalue weighted by Gasteiger charge is -2.24. The van der Waals surface area contributed by atoms with Crippen molar-refractivity contribution >= 4 is 16.9 Å². The van der Waals surface area contributed by atoms with Crippen molar-refractivity contribution in [3.63, 3.8) is 0 Å². The number of nitrogens with one attached hydrogen (secondary N) is 1. The van der Waals surface area contributed by atoms with E-state index < -0.39 is 0 Å². The molecule has 0 aliphatic heterocycles. The van der Waals surface area contributed by atoms with Crippen LogP contribution in [0.2, 0.25) is 0 Å². The number of aromatic nitrogens is 2. The second-order valence-corrected chi connectivity index (χ2v) is 5.82. The number of rotatable bonds is 5. The number of carbonyl (C=O) groups is 1. The Kier molecular flexibility index (Phi) is 3.84. The Morgan fingerprint density at radius 2 is 2.05 bits per heavy atom. The Hall–Kier alpha value is -2.01. The van der Waals surface area contributed by atoms with E-state index in [0.29, 0.717) is 24.2 Å². The molecular formula is C16H20N4O. The van der Waals surface area contributed by atoms with E-state index in [0.717, 1.165) is 11.0 Å². The zero-order valence-electron chi connectivity index (χ0n) is 12.4. The van der Waals surface area contributed by atoms with Crippen molar-refractivity contribution in [3.8, 4) is 0 Å². The molecule has 1 aromatic heterocycles. The molecule has 0 bridgehead atoms. The molecule has 5 heteroatoms. The van der Waals surface area contributed by atoms with Crippen LogP contribution in [-0.2, 0) is 0 Å². The molecule has 1 amide bonds. The molecule has 1 aliphatic rings. The molecule has 0 unspecified atom stereocenters. The first-order valence-electron chi connectivity index (χ1n) is 7.31. The topological polar surface area (TPSA) is 58.1 Å². The van der Waals surface area contributed by atoms with Gasteiger partial charge in [0.25, 0.3) is 5.91 Å². The number of amides is 1. The lowest BCUT2D eigenvalue weighted by Crippen LogP contribution is -2.41. The highest BCUT2D eigenvalue weighted by atomic mass is 16.1. The summed E-state index contributed by atoms with van der Waals surface area (Å²) in [5, 5.41) is 2.98. The average molecular weight is 284 g/mol. The summed E-state index contributed by atoms with van der Waals surface area (Å²) in [5.41, 5.74) is 1.93. The zero-order valence-corrected chi connectivity index (χ0v) is 12.4. The third-order valence-corrected chi connectivity index (χ3v) is 3.98. The molecule has 1 fully saturated rings. The maximum Gasteiger partial charge on any atom is 0.271 e. The van der Waals surface area contributed by atoms with Crippen molar-refractivity contribution < 1.29 is 4.79 Å². The van der Waals surface area contributed by atoms with Gasteiger partial charge in [0, 0.05) is 12.6 Å². The summed E-state index contributed by atoms with van der Waals surface area (Å²) >= 11 is 0. The van der Waals surface area contributed by atoms with Crippen molar-refractivity contribution in [2.45, 2.75) is 18.9 Å². The Bertz CT molecular complexity index is 650. The number of likely N-dealkylation sites (N-methyl/N-ethyl adjacent to an activating group) is 1. The van der Waals surface area contributed by atoms with Gasteiger partial charge in [-0.1, -0.05) is 12.1 Å². The minimum absolute atomic E-state index is 0.152. The van der Waals surface area contributed by atoms with Gasteiger partial charge in [0.15, 0.2) is 0 Å². The zero-order chi connectivity index (χ0) is 14.8. The number of benzene rings is 1. The fraction of sp³-hybridized carbons (Fsp3) is 0.438. The van der Waals surface area contributed by atoms with Crippen molar-refractivity contribution in [2.75, 3.05) is 20.6 Å². The maximum absolute atomic E-state index is 12.2. The standard InChI is InChI=1S/C16H20N4O/c1-20(2)15(11-7-8-11)10-18-16(21)14-9-17-12-5-3-4-6-13(12)19-14/h3-6,9,11,15H,7-8,10H2,1-2H3,(H,18,21)/t15-/m1/s1. The monoisotopic (exact) mass is 284 g/mol. The van der Waals surface area contributed by atoms with Gasteiger partial charge in [0.05, 0.1) is 17.2 Å². The number of carbonyl (C=O) groups excluding carboxylic acids is 1. The van der Waals surface area contributed by atoms with Crippen LogP contribution >= 0.6 is 0 Å². The third-order valence-electron chi connectivity index (χ3n) is 3.98. The van der Waals surface area contributed by atoms with Gasteiger partial charge in [-0.15, -0.1) is 0 Å². The molecule has 1 N–H and O–H groups in total. The van der Waals surface area contributed by atoms with Crippen molar-refractivity contribution in [1.29, 1.82) is 0 Å². The summed E-state index contributed by atoms with van der Waals surface area (Å²) in [7, 11) is 4.12. The second kappa shape index (κ2) is 5.77. The normalized spacial score (nSPS) is 16.1. The fourth-order valence-electron chi connectivity index (χ4n) is 2.61. The van der Waals surface area contributed by atoms with Gasteiger partial charge in [-0.25, -0.2) is 4.98 Å². The van der Waals surface area contributed by atoms with E-state index in [4.69, 9.17) is 0 Å². The molecule has 5 nitrogen and oxygen atoms in total. The highest BCUT2D eigenvalue weighted by Gasteiger charge is 2.32. The van der Waals surface area contributed by atoms with E-state index in [2.05, 4.69) is 34.3 Å². The Balaban J connectivity index is 1.68. The second-order valence-electron chi connectivity index (χ2n) is 5.82. The fourth-order valence-corrected chi connectivity index (χ4v) is 2.61. The first-order chi connectivity index (χ1) is 10.1. The van der Waals surface area contributed by atoms with Gasteiger partial charge < -0.3 is 10.2 Å². The molecule has 0 spiro atoms. The van der Waals surface area contributed by atoms with Crippen molar-refractivity contribution in [2.24, 2.45) is 5.92 Å². The minimum atomic E-state index is -0.152. The minimum Gasteiger partial charge on any atom is -0.349 e. The molecule has 21 heavy (non-hydrogen) atoms. The van der Waals surface area contributed by atoms with Crippen molar-refractivity contribution in [3.05, 3.63) is 36.2 Å². The van der Waals surface area contributed by atoms with Gasteiger partial charge in [0.1, 0.15) is 5.69 Å². The van der Waals surface area contributed by atoms with Crippen LogP contribution < -0.4 is 5.32 Å². The molecule has 110 valence electrons. The maximum atomic E-state index is 12.2. The van der Waals surface area contributed by atoms with Crippen LogP contribution in [-0.4, -0.2) is 47.5 Å². The molecule has 1 atom stereocenters. The quantitative estimate of drug-likeness (QED) is 0.908. The summed E-state index contributed by atoms with van der Waals surface area (Å²) in [6.07, 6.45) is 4.06. The molecule has 2 aromatic rings. The summed E-state index contributed by atoms with van der Waals surface area (Å²) in [6, 6.07) is 7.97. The largest absolute Gasteiger partial charge is 0.349 e. The molecule has 1 aliphatic carbocycles. The van der Waals surface area contributed by atoms with Crippen LogP contribution in [0.3, 0.4) is 0 Å². The third kappa shape index (κ3) is 3.19. The number of fused-ring (bicyclic) bond motifs is 1. The number of hydrogen-bond acceptors (Lipinski definition) is 4. The van der Waals surface area contributed by atoms with Crippen LogP contribution in [0.5, 0.6) is 0 Å². The first kappa shape index (κ1) is 13.9. The van der Waals surface area contributed by atoms with Crippen LogP contribution in [0.15, 0.2) is 30.5 Å². The smallest absolute Gasteiger partial charge is 0.271 e. The summed E-state index contributed by atoms with van der Waals surface area (Å²) in [5.74, 6) is 0.559. The summed E-state index contributed by atoms with van der Waals surface area (Å²) in [4.78, 5) is 23.1. The number of hydrogen-bond donors (Lipinski definition) is 1. The van der Waals surface area contributed by atoms with Crippen LogP contribution in [0.25, 0.3) is 11.0 Å². The molecule has 0 radical (unpaired) electrons. The Morgan fingerprint density at radius 3 is 2.71 bits per heavy atom. The van der Waals surface area contributed by atoms with Gasteiger partial charge in [-0.05, 0) is 45.0 Å². The SMILES string of the molecule is CN(C)[C@H](CNC(=O)c1cnc2ccccc2n1)C1CC1. The lowest BCUT2D eigenvalue weighted by atomic mass is 10.1. The molecule has 1 aromatic carbocycles. The van der Waals surface area contributed by atoms with E-state index in [1.807, 2.05) is 24.3 Å².